The second kappa shape index (κ2) is 10.0. The number of benzene rings is 2. The third-order valence-corrected chi connectivity index (χ3v) is 7.75. The van der Waals surface area contributed by atoms with E-state index < -0.39 is 23.6 Å². The number of hydrogen-bond acceptors (Lipinski definition) is 5. The molecule has 2 N–H and O–H groups in total. The van der Waals surface area contributed by atoms with Gasteiger partial charge in [-0.3, -0.25) is 4.90 Å². The maximum Gasteiger partial charge on any atom is 0.416 e. The lowest BCUT2D eigenvalue weighted by Crippen LogP contribution is -2.62. The van der Waals surface area contributed by atoms with Crippen LogP contribution in [-0.2, 0) is 12.7 Å². The summed E-state index contributed by atoms with van der Waals surface area (Å²) >= 11 is 0. The molecule has 1 aliphatic carbocycles. The molecular formula is C27H32F4N4O. The van der Waals surface area contributed by atoms with Gasteiger partial charge in [0.25, 0.3) is 0 Å². The van der Waals surface area contributed by atoms with Crippen LogP contribution in [0.1, 0.15) is 56.1 Å². The van der Waals surface area contributed by atoms with E-state index in [9.17, 15) is 22.7 Å². The molecule has 1 atom stereocenters. The van der Waals surface area contributed by atoms with Crippen LogP contribution in [0, 0.1) is 5.82 Å². The number of likely N-dealkylation sites (tertiary alicyclic amines) is 1. The fourth-order valence-electron chi connectivity index (χ4n) is 5.91. The van der Waals surface area contributed by atoms with Gasteiger partial charge in [0, 0.05) is 31.4 Å². The lowest BCUT2D eigenvalue weighted by molar-refractivity contribution is -0.137. The molecule has 5 rings (SSSR count). The molecular weight excluding hydrogens is 472 g/mol. The molecule has 9 heteroatoms. The summed E-state index contributed by atoms with van der Waals surface area (Å²) in [5.74, 6) is 0.357. The molecule has 2 aliphatic heterocycles. The molecule has 0 bridgehead atoms. The number of aliphatic imine (C=N–C) groups is 1. The van der Waals surface area contributed by atoms with Crippen molar-refractivity contribution in [3.63, 3.8) is 0 Å². The zero-order chi connectivity index (χ0) is 25.3. The molecule has 194 valence electrons. The summed E-state index contributed by atoms with van der Waals surface area (Å²) in [4.78, 5) is 8.56. The first kappa shape index (κ1) is 25.0. The van der Waals surface area contributed by atoms with Gasteiger partial charge in [-0.05, 0) is 55.5 Å². The van der Waals surface area contributed by atoms with Crippen LogP contribution in [0.5, 0.6) is 0 Å². The summed E-state index contributed by atoms with van der Waals surface area (Å²) in [6.45, 7) is 1.63. The maximum atomic E-state index is 14.1. The molecule has 1 spiro atoms. The van der Waals surface area contributed by atoms with E-state index in [2.05, 4.69) is 15.2 Å². The van der Waals surface area contributed by atoms with Gasteiger partial charge < -0.3 is 15.3 Å². The molecule has 0 aromatic heterocycles. The number of nitrogens with zero attached hydrogens (tertiary/aromatic N) is 3. The third kappa shape index (κ3) is 5.09. The molecule has 1 saturated carbocycles. The minimum Gasteiger partial charge on any atom is -0.369 e. The number of alkyl halides is 3. The first-order chi connectivity index (χ1) is 17.2. The van der Waals surface area contributed by atoms with Crippen molar-refractivity contribution in [3.8, 4) is 0 Å². The van der Waals surface area contributed by atoms with Crippen molar-refractivity contribution in [1.29, 1.82) is 0 Å². The molecule has 0 radical (unpaired) electrons. The Labute approximate surface area is 208 Å². The van der Waals surface area contributed by atoms with Gasteiger partial charge in [0.15, 0.2) is 0 Å². The number of nitrogens with one attached hydrogen (secondary N) is 1. The fourth-order valence-corrected chi connectivity index (χ4v) is 5.91. The van der Waals surface area contributed by atoms with Gasteiger partial charge in [0.1, 0.15) is 17.2 Å². The van der Waals surface area contributed by atoms with Gasteiger partial charge in [-0.2, -0.15) is 13.2 Å². The van der Waals surface area contributed by atoms with Crippen LogP contribution >= 0.6 is 0 Å². The number of hydrogen-bond donors (Lipinski definition) is 2. The summed E-state index contributed by atoms with van der Waals surface area (Å²) in [5, 5.41) is 14.6. The molecule has 2 heterocycles. The maximum absolute atomic E-state index is 14.1. The Hall–Kier alpha value is -2.65. The van der Waals surface area contributed by atoms with Crippen molar-refractivity contribution in [1.82, 2.24) is 10.2 Å². The Kier molecular flexibility index (Phi) is 6.96. The number of piperidine rings is 1. The number of anilines is 1. The normalized spacial score (nSPS) is 23.2. The second-order valence-corrected chi connectivity index (χ2v) is 10.2. The van der Waals surface area contributed by atoms with Crippen molar-refractivity contribution in [2.24, 2.45) is 4.99 Å². The van der Waals surface area contributed by atoms with Gasteiger partial charge >= 0.3 is 6.18 Å². The van der Waals surface area contributed by atoms with Crippen molar-refractivity contribution in [2.45, 2.75) is 75.6 Å². The summed E-state index contributed by atoms with van der Waals surface area (Å²) in [7, 11) is 0. The monoisotopic (exact) mass is 504 g/mol. The largest absolute Gasteiger partial charge is 0.416 e. The molecule has 36 heavy (non-hydrogen) atoms. The zero-order valence-corrected chi connectivity index (χ0v) is 20.1. The van der Waals surface area contributed by atoms with Crippen LogP contribution in [0.2, 0.25) is 0 Å². The van der Waals surface area contributed by atoms with Crippen molar-refractivity contribution in [3.05, 3.63) is 65.5 Å². The van der Waals surface area contributed by atoms with Crippen molar-refractivity contribution in [2.75, 3.05) is 18.0 Å². The SMILES string of the molecule is OC1N=C(NC2CCCCC2)C2(CCN(Cc3cccc(C(F)(F)F)c3)CC2)N1c1cccc(F)c1. The average molecular weight is 505 g/mol. The summed E-state index contributed by atoms with van der Waals surface area (Å²) in [6, 6.07) is 11.9. The zero-order valence-electron chi connectivity index (χ0n) is 20.1. The molecule has 3 aliphatic rings. The van der Waals surface area contributed by atoms with E-state index in [4.69, 9.17) is 0 Å². The van der Waals surface area contributed by atoms with Gasteiger partial charge in [0.05, 0.1) is 5.56 Å². The summed E-state index contributed by atoms with van der Waals surface area (Å²) in [5.41, 5.74) is -0.0909. The average Bonchev–Trinajstić information content (AvgIpc) is 3.11. The van der Waals surface area contributed by atoms with E-state index in [-0.39, 0.29) is 11.9 Å². The van der Waals surface area contributed by atoms with E-state index in [1.54, 1.807) is 18.2 Å². The van der Waals surface area contributed by atoms with Crippen LogP contribution in [0.3, 0.4) is 0 Å². The van der Waals surface area contributed by atoms with E-state index in [1.807, 2.05) is 4.90 Å². The summed E-state index contributed by atoms with van der Waals surface area (Å²) in [6.07, 6.45) is 1.34. The van der Waals surface area contributed by atoms with Gasteiger partial charge in [-0.1, -0.05) is 43.5 Å². The number of amidine groups is 1. The molecule has 2 aromatic rings. The Morgan fingerprint density at radius 2 is 1.72 bits per heavy atom. The van der Waals surface area contributed by atoms with Crippen LogP contribution < -0.4 is 10.2 Å². The molecule has 1 unspecified atom stereocenters. The molecule has 2 fully saturated rings. The number of aliphatic hydroxyl groups is 1. The predicted octanol–water partition coefficient (Wildman–Crippen LogP) is 5.30. The first-order valence-corrected chi connectivity index (χ1v) is 12.7. The quantitative estimate of drug-likeness (QED) is 0.556. The summed E-state index contributed by atoms with van der Waals surface area (Å²) < 4.78 is 53.6. The highest BCUT2D eigenvalue weighted by Gasteiger charge is 2.51. The van der Waals surface area contributed by atoms with Crippen LogP contribution in [0.4, 0.5) is 23.2 Å². The first-order valence-electron chi connectivity index (χ1n) is 12.7. The van der Waals surface area contributed by atoms with Gasteiger partial charge in [-0.15, -0.1) is 0 Å². The third-order valence-electron chi connectivity index (χ3n) is 7.75. The number of rotatable bonds is 4. The van der Waals surface area contributed by atoms with Gasteiger partial charge in [-0.25, -0.2) is 9.38 Å². The number of halogens is 4. The molecule has 0 amide bonds. The molecule has 1 saturated heterocycles. The number of aliphatic hydroxyl groups excluding tert-OH is 1. The lowest BCUT2D eigenvalue weighted by atomic mass is 9.83. The van der Waals surface area contributed by atoms with Crippen LogP contribution in [0.25, 0.3) is 0 Å². The standard InChI is InChI=1S/C27H32F4N4O/c28-21-8-5-11-23(17-21)35-25(36)33-24(32-22-9-2-1-3-10-22)26(35)12-14-34(15-13-26)18-19-6-4-7-20(16-19)27(29,30)31/h4-8,11,16-17,22,25,36H,1-3,9-10,12-15,18H2,(H,32,33). The van der Waals surface area contributed by atoms with Crippen molar-refractivity contribution < 1.29 is 22.7 Å². The minimum absolute atomic E-state index is 0.289. The second-order valence-electron chi connectivity index (χ2n) is 10.2. The Bertz CT molecular complexity index is 1090. The topological polar surface area (TPSA) is 51.1 Å². The van der Waals surface area contributed by atoms with Gasteiger partial charge in [0.2, 0.25) is 6.35 Å². The Morgan fingerprint density at radius 1 is 1.00 bits per heavy atom. The van der Waals surface area contributed by atoms with E-state index >= 15 is 0 Å². The predicted molar refractivity (Wildman–Crippen MR) is 131 cm³/mol. The smallest absolute Gasteiger partial charge is 0.369 e. The highest BCUT2D eigenvalue weighted by molar-refractivity contribution is 5.97. The molecule has 2 aromatic carbocycles. The van der Waals surface area contributed by atoms with Crippen LogP contribution in [0.15, 0.2) is 53.5 Å². The lowest BCUT2D eigenvalue weighted by Gasteiger charge is -2.47. The Morgan fingerprint density at radius 3 is 2.42 bits per heavy atom. The highest BCUT2D eigenvalue weighted by atomic mass is 19.4. The Balaban J connectivity index is 1.37. The van der Waals surface area contributed by atoms with Crippen molar-refractivity contribution >= 4 is 11.5 Å². The minimum atomic E-state index is -4.37. The van der Waals surface area contributed by atoms with E-state index in [0.717, 1.165) is 37.6 Å². The fraction of sp³-hybridized carbons (Fsp3) is 0.519. The highest BCUT2D eigenvalue weighted by Crippen LogP contribution is 2.41. The van der Waals surface area contributed by atoms with E-state index in [0.29, 0.717) is 43.7 Å². The van der Waals surface area contributed by atoms with E-state index in [1.165, 1.54) is 30.7 Å². The molecule has 5 nitrogen and oxygen atoms in total. The van der Waals surface area contributed by atoms with Crippen LogP contribution in [-0.4, -0.2) is 46.9 Å².